The van der Waals surface area contributed by atoms with Gasteiger partial charge < -0.3 is 5.32 Å². The molecule has 1 N–H and O–H groups in total. The summed E-state index contributed by atoms with van der Waals surface area (Å²) in [4.78, 5) is 0. The predicted molar refractivity (Wildman–Crippen MR) is 62.4 cm³/mol. The number of allylic oxidation sites excluding steroid dienone is 1. The molecule has 15 heavy (non-hydrogen) atoms. The van der Waals surface area contributed by atoms with Crippen LogP contribution < -0.4 is 5.32 Å². The third-order valence-corrected chi connectivity index (χ3v) is 2.30. The largest absolute Gasteiger partial charge is 0.377 e. The Bertz CT molecular complexity index is 345. The molecule has 82 valence electrons. The van der Waals surface area contributed by atoms with Crippen LogP contribution in [-0.2, 0) is 0 Å². The van der Waals surface area contributed by atoms with Gasteiger partial charge in [-0.1, -0.05) is 28.1 Å². The quantitative estimate of drug-likeness (QED) is 0.655. The fourth-order valence-corrected chi connectivity index (χ4v) is 1.55. The molecule has 0 bridgehead atoms. The van der Waals surface area contributed by atoms with Gasteiger partial charge in [0.2, 0.25) is 0 Å². The molecule has 0 fully saturated rings. The van der Waals surface area contributed by atoms with Crippen molar-refractivity contribution in [1.29, 1.82) is 0 Å². The minimum absolute atomic E-state index is 0.127. The van der Waals surface area contributed by atoms with Crippen LogP contribution in [0.1, 0.15) is 0 Å². The standard InChI is InChI=1S/C10H9BrClF2N/c11-7-5-8(13)10(9(14)6-7)15-4-2-1-3-12/h1-2,5-6,15H,3-4H2/b2-1+. The van der Waals surface area contributed by atoms with Crippen molar-refractivity contribution in [3.05, 3.63) is 40.4 Å². The number of nitrogens with one attached hydrogen (secondary N) is 1. The maximum Gasteiger partial charge on any atom is 0.150 e. The van der Waals surface area contributed by atoms with Crippen molar-refractivity contribution < 1.29 is 8.78 Å². The summed E-state index contributed by atoms with van der Waals surface area (Å²) in [7, 11) is 0. The van der Waals surface area contributed by atoms with E-state index in [1.807, 2.05) is 0 Å². The van der Waals surface area contributed by atoms with Gasteiger partial charge >= 0.3 is 0 Å². The van der Waals surface area contributed by atoms with Crippen LogP contribution in [0, 0.1) is 11.6 Å². The highest BCUT2D eigenvalue weighted by atomic mass is 79.9. The molecule has 0 amide bonds. The second-order valence-corrected chi connectivity index (χ2v) is 3.98. The van der Waals surface area contributed by atoms with E-state index in [1.165, 1.54) is 12.1 Å². The van der Waals surface area contributed by atoms with E-state index in [4.69, 9.17) is 11.6 Å². The van der Waals surface area contributed by atoms with Crippen LogP contribution in [0.25, 0.3) is 0 Å². The minimum Gasteiger partial charge on any atom is -0.377 e. The summed E-state index contributed by atoms with van der Waals surface area (Å²) in [6.45, 7) is 0.336. The van der Waals surface area contributed by atoms with Crippen LogP contribution in [0.4, 0.5) is 14.5 Å². The Kier molecular flexibility index (Phi) is 5.05. The molecule has 1 nitrogen and oxygen atoms in total. The van der Waals surface area contributed by atoms with Gasteiger partial charge in [-0.05, 0) is 12.1 Å². The van der Waals surface area contributed by atoms with Gasteiger partial charge in [0.15, 0.2) is 0 Å². The number of benzene rings is 1. The third-order valence-electron chi connectivity index (χ3n) is 1.66. The van der Waals surface area contributed by atoms with E-state index in [9.17, 15) is 8.78 Å². The number of hydrogen-bond donors (Lipinski definition) is 1. The van der Waals surface area contributed by atoms with E-state index in [0.29, 0.717) is 16.9 Å². The fourth-order valence-electron chi connectivity index (χ4n) is 1.02. The number of alkyl halides is 1. The lowest BCUT2D eigenvalue weighted by Crippen LogP contribution is -2.03. The van der Waals surface area contributed by atoms with Crippen LogP contribution in [0.3, 0.4) is 0 Å². The van der Waals surface area contributed by atoms with Crippen molar-refractivity contribution in [2.45, 2.75) is 0 Å². The summed E-state index contributed by atoms with van der Waals surface area (Å²) in [5.74, 6) is -0.866. The highest BCUT2D eigenvalue weighted by Crippen LogP contribution is 2.23. The van der Waals surface area contributed by atoms with E-state index >= 15 is 0 Å². The molecule has 5 heteroatoms. The zero-order valence-electron chi connectivity index (χ0n) is 7.74. The molecule has 0 aliphatic carbocycles. The Balaban J connectivity index is 2.72. The second kappa shape index (κ2) is 6.08. The lowest BCUT2D eigenvalue weighted by molar-refractivity contribution is 0.587. The summed E-state index contributed by atoms with van der Waals surface area (Å²) < 4.78 is 26.9. The van der Waals surface area contributed by atoms with Gasteiger partial charge in [0, 0.05) is 16.9 Å². The van der Waals surface area contributed by atoms with Crippen LogP contribution in [0.5, 0.6) is 0 Å². The second-order valence-electron chi connectivity index (χ2n) is 2.75. The summed E-state index contributed by atoms with van der Waals surface area (Å²) in [5.41, 5.74) is -0.127. The molecule has 0 spiro atoms. The average molecular weight is 297 g/mol. The van der Waals surface area contributed by atoms with Crippen LogP contribution >= 0.6 is 27.5 Å². The van der Waals surface area contributed by atoms with Gasteiger partial charge in [0.25, 0.3) is 0 Å². The van der Waals surface area contributed by atoms with Gasteiger partial charge in [0.05, 0.1) is 0 Å². The van der Waals surface area contributed by atoms with E-state index in [2.05, 4.69) is 21.2 Å². The highest BCUT2D eigenvalue weighted by Gasteiger charge is 2.08. The average Bonchev–Trinajstić information content (AvgIpc) is 2.15. The molecular weight excluding hydrogens is 287 g/mol. The smallest absolute Gasteiger partial charge is 0.150 e. The molecule has 0 heterocycles. The van der Waals surface area contributed by atoms with Crippen LogP contribution in [-0.4, -0.2) is 12.4 Å². The van der Waals surface area contributed by atoms with Gasteiger partial charge in [-0.25, -0.2) is 8.78 Å². The first kappa shape index (κ1) is 12.5. The molecule has 0 radical (unpaired) electrons. The van der Waals surface area contributed by atoms with Gasteiger partial charge in [-0.3, -0.25) is 0 Å². The number of anilines is 1. The van der Waals surface area contributed by atoms with Gasteiger partial charge in [-0.15, -0.1) is 11.6 Å². The zero-order chi connectivity index (χ0) is 11.3. The maximum absolute atomic E-state index is 13.2. The van der Waals surface area contributed by atoms with Crippen LogP contribution in [0.15, 0.2) is 28.8 Å². The van der Waals surface area contributed by atoms with Crippen molar-refractivity contribution in [2.24, 2.45) is 0 Å². The molecular formula is C10H9BrClF2N. The number of halogens is 4. The zero-order valence-corrected chi connectivity index (χ0v) is 10.1. The maximum atomic E-state index is 13.2. The molecule has 0 aromatic heterocycles. The molecule has 0 atom stereocenters. The normalized spacial score (nSPS) is 10.9. The third kappa shape index (κ3) is 3.80. The highest BCUT2D eigenvalue weighted by molar-refractivity contribution is 9.10. The molecule has 0 unspecified atom stereocenters. The monoisotopic (exact) mass is 295 g/mol. The molecule has 0 saturated carbocycles. The van der Waals surface area contributed by atoms with Crippen molar-refractivity contribution in [2.75, 3.05) is 17.7 Å². The molecule has 0 aliphatic rings. The molecule has 1 aromatic carbocycles. The Morgan fingerprint density at radius 1 is 1.27 bits per heavy atom. The van der Waals surface area contributed by atoms with Crippen LogP contribution in [0.2, 0.25) is 0 Å². The molecule has 1 aromatic rings. The molecule has 0 saturated heterocycles. The molecule has 1 rings (SSSR count). The lowest BCUT2D eigenvalue weighted by atomic mass is 10.3. The first-order valence-electron chi connectivity index (χ1n) is 4.24. The number of hydrogen-bond acceptors (Lipinski definition) is 1. The number of rotatable bonds is 4. The van der Waals surface area contributed by atoms with E-state index in [0.717, 1.165) is 0 Å². The predicted octanol–water partition coefficient (Wildman–Crippen LogP) is 3.93. The first-order chi connectivity index (χ1) is 7.15. The Labute approximate surface area is 100 Å². The fraction of sp³-hybridized carbons (Fsp3) is 0.200. The SMILES string of the molecule is Fc1cc(Br)cc(F)c1NC/C=C/CCl. The van der Waals surface area contributed by atoms with Crippen molar-refractivity contribution >= 4 is 33.2 Å². The van der Waals surface area contributed by atoms with E-state index in [1.54, 1.807) is 12.2 Å². The summed E-state index contributed by atoms with van der Waals surface area (Å²) >= 11 is 8.40. The van der Waals surface area contributed by atoms with Crippen molar-refractivity contribution in [1.82, 2.24) is 0 Å². The lowest BCUT2D eigenvalue weighted by Gasteiger charge is -2.06. The van der Waals surface area contributed by atoms with Gasteiger partial charge in [0.1, 0.15) is 17.3 Å². The Morgan fingerprint density at radius 3 is 2.40 bits per heavy atom. The topological polar surface area (TPSA) is 12.0 Å². The van der Waals surface area contributed by atoms with Gasteiger partial charge in [-0.2, -0.15) is 0 Å². The summed E-state index contributed by atoms with van der Waals surface area (Å²) in [5, 5.41) is 2.63. The van der Waals surface area contributed by atoms with Crippen molar-refractivity contribution in [3.63, 3.8) is 0 Å². The summed E-state index contributed by atoms with van der Waals surface area (Å²) in [6, 6.07) is 2.41. The Hall–Kier alpha value is -0.610. The molecule has 0 aliphatic heterocycles. The minimum atomic E-state index is -0.624. The Morgan fingerprint density at radius 2 is 1.87 bits per heavy atom. The van der Waals surface area contributed by atoms with E-state index in [-0.39, 0.29) is 5.69 Å². The van der Waals surface area contributed by atoms with Crippen molar-refractivity contribution in [3.8, 4) is 0 Å². The summed E-state index contributed by atoms with van der Waals surface area (Å²) in [6.07, 6.45) is 3.40. The first-order valence-corrected chi connectivity index (χ1v) is 5.57. The van der Waals surface area contributed by atoms with E-state index < -0.39 is 11.6 Å².